The number of rotatable bonds is 2. The lowest BCUT2D eigenvalue weighted by atomic mass is 10.1. The second-order valence-electron chi connectivity index (χ2n) is 6.78. The zero-order valence-electron chi connectivity index (χ0n) is 13.9. The Hall–Kier alpha value is -2.30. The van der Waals surface area contributed by atoms with E-state index in [4.69, 9.17) is 0 Å². The molecule has 4 rings (SSSR count). The number of likely N-dealkylation sites (tertiary alicyclic amines) is 2. The minimum Gasteiger partial charge on any atom is -0.339 e. The maximum atomic E-state index is 13.0. The Morgan fingerprint density at radius 3 is 2.12 bits per heavy atom. The number of amides is 2. The molecule has 2 aliphatic heterocycles. The van der Waals surface area contributed by atoms with Crippen LogP contribution >= 0.6 is 0 Å². The maximum absolute atomic E-state index is 13.0. The van der Waals surface area contributed by atoms with Gasteiger partial charge in [-0.2, -0.15) is 0 Å². The van der Waals surface area contributed by atoms with E-state index >= 15 is 0 Å². The van der Waals surface area contributed by atoms with Crippen LogP contribution in [-0.4, -0.2) is 52.2 Å². The average Bonchev–Trinajstić information content (AvgIpc) is 3.31. The third kappa shape index (κ3) is 2.68. The monoisotopic (exact) mass is 325 g/mol. The molecule has 2 saturated heterocycles. The van der Waals surface area contributed by atoms with E-state index in [2.05, 4.69) is 0 Å². The summed E-state index contributed by atoms with van der Waals surface area (Å²) in [6.45, 7) is 3.26. The molecule has 0 aliphatic carbocycles. The van der Waals surface area contributed by atoms with Crippen molar-refractivity contribution in [2.75, 3.05) is 26.2 Å². The Bertz CT molecular complexity index is 768. The van der Waals surface area contributed by atoms with Gasteiger partial charge in [0.05, 0.1) is 0 Å². The predicted molar refractivity (Wildman–Crippen MR) is 92.3 cm³/mol. The summed E-state index contributed by atoms with van der Waals surface area (Å²) >= 11 is 0. The first-order chi connectivity index (χ1) is 11.7. The molecule has 0 N–H and O–H groups in total. The van der Waals surface area contributed by atoms with E-state index in [0.29, 0.717) is 11.3 Å². The second-order valence-corrected chi connectivity index (χ2v) is 6.78. The second kappa shape index (κ2) is 6.30. The number of piperidine rings is 1. The molecule has 0 atom stereocenters. The molecule has 2 amide bonds. The van der Waals surface area contributed by atoms with Crippen LogP contribution in [0.5, 0.6) is 0 Å². The summed E-state index contributed by atoms with van der Waals surface area (Å²) in [5.74, 6) is 0.0795. The standard InChI is InChI=1S/C19H23N3O2/c23-18(20-10-4-5-11-20)15-13-16-7-6-12-22(16)17(14-15)19(24)21-8-2-1-3-9-21/h6-7,12-14H,1-5,8-11H2. The van der Waals surface area contributed by atoms with Crippen molar-refractivity contribution in [3.8, 4) is 0 Å². The Morgan fingerprint density at radius 2 is 1.42 bits per heavy atom. The van der Waals surface area contributed by atoms with E-state index in [1.54, 1.807) is 6.07 Å². The molecule has 0 spiro atoms. The van der Waals surface area contributed by atoms with E-state index in [9.17, 15) is 9.59 Å². The molecule has 2 aromatic rings. The molecule has 4 heterocycles. The van der Waals surface area contributed by atoms with Gasteiger partial charge in [-0.1, -0.05) is 0 Å². The number of aromatic nitrogens is 1. The maximum Gasteiger partial charge on any atom is 0.270 e. The number of pyridine rings is 1. The normalized spacial score (nSPS) is 18.3. The molecule has 24 heavy (non-hydrogen) atoms. The lowest BCUT2D eigenvalue weighted by molar-refractivity contribution is 0.0717. The van der Waals surface area contributed by atoms with Crippen molar-refractivity contribution >= 4 is 17.3 Å². The number of hydrogen-bond acceptors (Lipinski definition) is 2. The van der Waals surface area contributed by atoms with Gasteiger partial charge < -0.3 is 14.2 Å². The number of nitrogens with zero attached hydrogens (tertiary/aromatic N) is 3. The van der Waals surface area contributed by atoms with E-state index in [-0.39, 0.29) is 11.8 Å². The molecule has 126 valence electrons. The molecule has 0 radical (unpaired) electrons. The van der Waals surface area contributed by atoms with Gasteiger partial charge in [-0.15, -0.1) is 0 Å². The van der Waals surface area contributed by atoms with E-state index in [0.717, 1.165) is 57.4 Å². The highest BCUT2D eigenvalue weighted by molar-refractivity contribution is 6.00. The zero-order valence-corrected chi connectivity index (χ0v) is 13.9. The highest BCUT2D eigenvalue weighted by Gasteiger charge is 2.24. The summed E-state index contributed by atoms with van der Waals surface area (Å²) in [6, 6.07) is 7.55. The van der Waals surface area contributed by atoms with Crippen molar-refractivity contribution in [3.63, 3.8) is 0 Å². The van der Waals surface area contributed by atoms with Crippen LogP contribution in [0.3, 0.4) is 0 Å². The first-order valence-corrected chi connectivity index (χ1v) is 8.94. The summed E-state index contributed by atoms with van der Waals surface area (Å²) in [4.78, 5) is 29.6. The van der Waals surface area contributed by atoms with Crippen LogP contribution in [0.1, 0.15) is 53.0 Å². The third-order valence-electron chi connectivity index (χ3n) is 5.14. The van der Waals surface area contributed by atoms with Gasteiger partial charge in [0.1, 0.15) is 5.69 Å². The Balaban J connectivity index is 1.72. The van der Waals surface area contributed by atoms with Crippen molar-refractivity contribution in [2.24, 2.45) is 0 Å². The van der Waals surface area contributed by atoms with E-state index in [1.165, 1.54) is 6.42 Å². The van der Waals surface area contributed by atoms with Gasteiger partial charge in [-0.25, -0.2) is 0 Å². The van der Waals surface area contributed by atoms with Gasteiger partial charge in [-0.05, 0) is 56.4 Å². The molecular weight excluding hydrogens is 302 g/mol. The Morgan fingerprint density at radius 1 is 0.792 bits per heavy atom. The van der Waals surface area contributed by atoms with Crippen molar-refractivity contribution < 1.29 is 9.59 Å². The van der Waals surface area contributed by atoms with Gasteiger partial charge in [0.25, 0.3) is 11.8 Å². The molecule has 5 nitrogen and oxygen atoms in total. The fraction of sp³-hybridized carbons (Fsp3) is 0.474. The van der Waals surface area contributed by atoms with Gasteiger partial charge in [0.15, 0.2) is 0 Å². The highest BCUT2D eigenvalue weighted by atomic mass is 16.2. The summed E-state index contributed by atoms with van der Waals surface area (Å²) in [6.07, 6.45) is 7.35. The number of carbonyl (C=O) groups is 2. The van der Waals surface area contributed by atoms with Crippen molar-refractivity contribution in [1.29, 1.82) is 0 Å². The van der Waals surface area contributed by atoms with Crippen LogP contribution in [0.4, 0.5) is 0 Å². The zero-order chi connectivity index (χ0) is 16.5. The minimum absolute atomic E-state index is 0.0342. The SMILES string of the molecule is O=C(c1cc(C(=O)N2CCCCC2)n2cccc2c1)N1CCCC1. The van der Waals surface area contributed by atoms with Gasteiger partial charge in [0, 0.05) is 43.5 Å². The van der Waals surface area contributed by atoms with Crippen molar-refractivity contribution in [3.05, 3.63) is 41.7 Å². The molecule has 2 aromatic heterocycles. The van der Waals surface area contributed by atoms with Crippen LogP contribution in [0.2, 0.25) is 0 Å². The van der Waals surface area contributed by atoms with Gasteiger partial charge in [0.2, 0.25) is 0 Å². The molecule has 0 bridgehead atoms. The largest absolute Gasteiger partial charge is 0.339 e. The van der Waals surface area contributed by atoms with Crippen LogP contribution in [0.15, 0.2) is 30.5 Å². The quantitative estimate of drug-likeness (QED) is 0.852. The van der Waals surface area contributed by atoms with Crippen molar-refractivity contribution in [1.82, 2.24) is 14.2 Å². The lowest BCUT2D eigenvalue weighted by Gasteiger charge is -2.27. The summed E-state index contributed by atoms with van der Waals surface area (Å²) in [7, 11) is 0. The average molecular weight is 325 g/mol. The smallest absolute Gasteiger partial charge is 0.270 e. The van der Waals surface area contributed by atoms with E-state index in [1.807, 2.05) is 38.6 Å². The number of fused-ring (bicyclic) bond motifs is 1. The van der Waals surface area contributed by atoms with E-state index < -0.39 is 0 Å². The summed E-state index contributed by atoms with van der Waals surface area (Å²) in [5.41, 5.74) is 2.13. The van der Waals surface area contributed by atoms with Gasteiger partial charge >= 0.3 is 0 Å². The summed E-state index contributed by atoms with van der Waals surface area (Å²) < 4.78 is 1.90. The predicted octanol–water partition coefficient (Wildman–Crippen LogP) is 2.80. The van der Waals surface area contributed by atoms with Gasteiger partial charge in [-0.3, -0.25) is 9.59 Å². The molecule has 0 unspecified atom stereocenters. The Labute approximate surface area is 141 Å². The molecule has 5 heteroatoms. The Kier molecular flexibility index (Phi) is 4.00. The first-order valence-electron chi connectivity index (χ1n) is 8.94. The number of carbonyl (C=O) groups excluding carboxylic acids is 2. The molecule has 2 fully saturated rings. The minimum atomic E-state index is 0.0342. The molecule has 0 aromatic carbocycles. The highest BCUT2D eigenvalue weighted by Crippen LogP contribution is 2.20. The topological polar surface area (TPSA) is 45.0 Å². The molecule has 0 saturated carbocycles. The fourth-order valence-corrected chi connectivity index (χ4v) is 3.80. The molecular formula is C19H23N3O2. The third-order valence-corrected chi connectivity index (χ3v) is 5.14. The van der Waals surface area contributed by atoms with Crippen LogP contribution in [0.25, 0.3) is 5.52 Å². The number of hydrogen-bond donors (Lipinski definition) is 0. The van der Waals surface area contributed by atoms with Crippen LogP contribution < -0.4 is 0 Å². The van der Waals surface area contributed by atoms with Crippen molar-refractivity contribution in [2.45, 2.75) is 32.1 Å². The fourth-order valence-electron chi connectivity index (χ4n) is 3.80. The van der Waals surface area contributed by atoms with Crippen LogP contribution in [-0.2, 0) is 0 Å². The first kappa shape index (κ1) is 15.2. The lowest BCUT2D eigenvalue weighted by Crippen LogP contribution is -2.37. The molecule has 2 aliphatic rings. The summed E-state index contributed by atoms with van der Waals surface area (Å²) in [5, 5.41) is 0. The van der Waals surface area contributed by atoms with Crippen LogP contribution in [0, 0.1) is 0 Å².